The quantitative estimate of drug-likeness (QED) is 0.478. The van der Waals surface area contributed by atoms with E-state index in [4.69, 9.17) is 14.1 Å². The highest BCUT2D eigenvalue weighted by atomic mass is 16.5. The Balaban J connectivity index is 1.23. The number of likely N-dealkylation sites (tertiary alicyclic amines) is 1. The number of piperidine rings is 1. The number of nitrogens with one attached hydrogen (secondary N) is 1. The van der Waals surface area contributed by atoms with Gasteiger partial charge in [-0.25, -0.2) is 4.98 Å². The van der Waals surface area contributed by atoms with Crippen LogP contribution in [0.3, 0.4) is 0 Å². The Bertz CT molecular complexity index is 1130. The number of ether oxygens (including phenoxy) is 1. The fraction of sp³-hybridized carbons (Fsp3) is 0.320. The van der Waals surface area contributed by atoms with Gasteiger partial charge in [-0.1, -0.05) is 17.7 Å². The molecule has 0 bridgehead atoms. The molecule has 1 saturated heterocycles. The van der Waals surface area contributed by atoms with Crippen molar-refractivity contribution in [3.8, 4) is 17.2 Å². The molecule has 1 aliphatic heterocycles. The van der Waals surface area contributed by atoms with Crippen molar-refractivity contribution in [2.75, 3.05) is 20.2 Å². The largest absolute Gasteiger partial charge is 0.497 e. The van der Waals surface area contributed by atoms with Gasteiger partial charge in [0.1, 0.15) is 12.0 Å². The zero-order valence-corrected chi connectivity index (χ0v) is 17.5. The van der Waals surface area contributed by atoms with Crippen molar-refractivity contribution in [2.45, 2.75) is 32.2 Å². The summed E-state index contributed by atoms with van der Waals surface area (Å²) in [5.41, 5.74) is 5.86. The fourth-order valence-electron chi connectivity index (χ4n) is 4.43. The monoisotopic (exact) mass is 401 g/mol. The minimum Gasteiger partial charge on any atom is -0.497 e. The maximum absolute atomic E-state index is 5.73. The predicted octanol–water partition coefficient (Wildman–Crippen LogP) is 5.52. The molecule has 154 valence electrons. The number of hydrogen-bond donors (Lipinski definition) is 1. The summed E-state index contributed by atoms with van der Waals surface area (Å²) in [5, 5.41) is 1.28. The second-order valence-electron chi connectivity index (χ2n) is 8.22. The smallest absolute Gasteiger partial charge is 0.226 e. The third-order valence-corrected chi connectivity index (χ3v) is 6.18. The number of aryl methyl sites for hydroxylation is 1. The van der Waals surface area contributed by atoms with E-state index in [2.05, 4.69) is 59.4 Å². The number of hydrogen-bond acceptors (Lipinski definition) is 4. The second kappa shape index (κ2) is 8.00. The van der Waals surface area contributed by atoms with Gasteiger partial charge in [0.15, 0.2) is 0 Å². The lowest BCUT2D eigenvalue weighted by molar-refractivity contribution is 0.203. The second-order valence-corrected chi connectivity index (χ2v) is 8.22. The highest BCUT2D eigenvalue weighted by molar-refractivity contribution is 5.85. The van der Waals surface area contributed by atoms with Gasteiger partial charge < -0.3 is 14.1 Å². The number of nitrogens with zero attached hydrogens (tertiary/aromatic N) is 2. The molecule has 1 aliphatic rings. The summed E-state index contributed by atoms with van der Waals surface area (Å²) in [6, 6.07) is 14.6. The molecule has 1 fully saturated rings. The van der Waals surface area contributed by atoms with Crippen LogP contribution in [0.5, 0.6) is 5.75 Å². The standard InChI is InChI=1S/C25H27N3O2/c1-17-3-5-19(6-4-17)25-27-20(16-30-25)15-28-11-9-18(10-12-28)23-14-26-24-8-7-21(29-2)13-22(23)24/h3-8,13-14,16,18,26H,9-12,15H2,1-2H3. The average molecular weight is 402 g/mol. The summed E-state index contributed by atoms with van der Waals surface area (Å²) in [6.45, 7) is 5.05. The number of fused-ring (bicyclic) bond motifs is 1. The molecule has 5 rings (SSSR count). The zero-order chi connectivity index (χ0) is 20.5. The Kier molecular flexibility index (Phi) is 5.05. The molecule has 5 heteroatoms. The maximum atomic E-state index is 5.73. The zero-order valence-electron chi connectivity index (χ0n) is 17.5. The fourth-order valence-corrected chi connectivity index (χ4v) is 4.43. The minimum atomic E-state index is 0.572. The van der Waals surface area contributed by atoms with E-state index in [1.165, 1.54) is 22.0 Å². The van der Waals surface area contributed by atoms with E-state index < -0.39 is 0 Å². The van der Waals surface area contributed by atoms with E-state index >= 15 is 0 Å². The number of oxazole rings is 1. The molecule has 0 amide bonds. The molecular formula is C25H27N3O2. The van der Waals surface area contributed by atoms with E-state index in [1.54, 1.807) is 13.4 Å². The Hall–Kier alpha value is -3.05. The molecule has 2 aromatic carbocycles. The van der Waals surface area contributed by atoms with E-state index in [1.807, 2.05) is 6.07 Å². The molecule has 4 aromatic rings. The van der Waals surface area contributed by atoms with Gasteiger partial charge in [-0.05, 0) is 74.7 Å². The molecule has 0 spiro atoms. The number of benzene rings is 2. The van der Waals surface area contributed by atoms with Crippen molar-refractivity contribution >= 4 is 10.9 Å². The third-order valence-electron chi connectivity index (χ3n) is 6.18. The van der Waals surface area contributed by atoms with Crippen LogP contribution in [0.15, 0.2) is 59.3 Å². The highest BCUT2D eigenvalue weighted by Crippen LogP contribution is 2.35. The molecule has 0 atom stereocenters. The molecule has 30 heavy (non-hydrogen) atoms. The van der Waals surface area contributed by atoms with Gasteiger partial charge >= 0.3 is 0 Å². The van der Waals surface area contributed by atoms with Crippen molar-refractivity contribution in [1.82, 2.24) is 14.9 Å². The Morgan fingerprint density at radius 3 is 2.70 bits per heavy atom. The van der Waals surface area contributed by atoms with Crippen LogP contribution in [0.1, 0.15) is 35.6 Å². The number of aromatic amines is 1. The molecule has 1 N–H and O–H groups in total. The lowest BCUT2D eigenvalue weighted by Crippen LogP contribution is -2.32. The molecule has 0 aliphatic carbocycles. The van der Waals surface area contributed by atoms with Gasteiger partial charge in [0, 0.05) is 29.2 Å². The summed E-state index contributed by atoms with van der Waals surface area (Å²) >= 11 is 0. The number of methoxy groups -OCH3 is 1. The van der Waals surface area contributed by atoms with Crippen molar-refractivity contribution in [1.29, 1.82) is 0 Å². The first-order valence-corrected chi connectivity index (χ1v) is 10.6. The van der Waals surface area contributed by atoms with Crippen LogP contribution < -0.4 is 4.74 Å². The Morgan fingerprint density at radius 1 is 1.13 bits per heavy atom. The van der Waals surface area contributed by atoms with Crippen LogP contribution >= 0.6 is 0 Å². The van der Waals surface area contributed by atoms with Crippen LogP contribution in [0, 0.1) is 6.92 Å². The first-order chi connectivity index (χ1) is 14.7. The van der Waals surface area contributed by atoms with Crippen LogP contribution in [-0.2, 0) is 6.54 Å². The van der Waals surface area contributed by atoms with Crippen LogP contribution in [0.4, 0.5) is 0 Å². The summed E-state index contributed by atoms with van der Waals surface area (Å²) < 4.78 is 11.1. The molecule has 0 saturated carbocycles. The van der Waals surface area contributed by atoms with Crippen molar-refractivity contribution in [3.05, 3.63) is 71.7 Å². The summed E-state index contributed by atoms with van der Waals surface area (Å²) in [7, 11) is 1.72. The van der Waals surface area contributed by atoms with Gasteiger partial charge in [-0.15, -0.1) is 0 Å². The first kappa shape index (κ1) is 18.9. The predicted molar refractivity (Wildman–Crippen MR) is 119 cm³/mol. The maximum Gasteiger partial charge on any atom is 0.226 e. The van der Waals surface area contributed by atoms with Crippen molar-refractivity contribution in [2.24, 2.45) is 0 Å². The van der Waals surface area contributed by atoms with Crippen LogP contribution in [-0.4, -0.2) is 35.1 Å². The Labute approximate surface area is 176 Å². The van der Waals surface area contributed by atoms with E-state index in [-0.39, 0.29) is 0 Å². The van der Waals surface area contributed by atoms with Crippen molar-refractivity contribution in [3.63, 3.8) is 0 Å². The van der Waals surface area contributed by atoms with Gasteiger partial charge in [-0.2, -0.15) is 0 Å². The molecule has 2 aromatic heterocycles. The van der Waals surface area contributed by atoms with Gasteiger partial charge in [0.05, 0.1) is 12.8 Å². The molecule has 5 nitrogen and oxygen atoms in total. The van der Waals surface area contributed by atoms with Gasteiger partial charge in [0.25, 0.3) is 0 Å². The van der Waals surface area contributed by atoms with Gasteiger partial charge in [-0.3, -0.25) is 4.90 Å². The highest BCUT2D eigenvalue weighted by Gasteiger charge is 2.23. The third kappa shape index (κ3) is 3.73. The topological polar surface area (TPSA) is 54.3 Å². The number of aromatic nitrogens is 2. The molecule has 0 radical (unpaired) electrons. The SMILES string of the molecule is COc1ccc2[nH]cc(C3CCN(Cc4coc(-c5ccc(C)cc5)n4)CC3)c2c1. The average Bonchev–Trinajstić information content (AvgIpc) is 3.41. The molecule has 3 heterocycles. The van der Waals surface area contributed by atoms with Crippen LogP contribution in [0.25, 0.3) is 22.4 Å². The van der Waals surface area contributed by atoms with E-state index in [9.17, 15) is 0 Å². The van der Waals surface area contributed by atoms with Crippen molar-refractivity contribution < 1.29 is 9.15 Å². The summed E-state index contributed by atoms with van der Waals surface area (Å²) in [4.78, 5) is 10.6. The summed E-state index contributed by atoms with van der Waals surface area (Å²) in [5.74, 6) is 2.19. The summed E-state index contributed by atoms with van der Waals surface area (Å²) in [6.07, 6.45) is 6.27. The van der Waals surface area contributed by atoms with Gasteiger partial charge in [0.2, 0.25) is 5.89 Å². The minimum absolute atomic E-state index is 0.572. The van der Waals surface area contributed by atoms with E-state index in [0.29, 0.717) is 11.8 Å². The number of rotatable bonds is 5. The normalized spacial score (nSPS) is 15.7. The molecular weight excluding hydrogens is 374 g/mol. The lowest BCUT2D eigenvalue weighted by atomic mass is 9.89. The number of H-pyrrole nitrogens is 1. The Morgan fingerprint density at radius 2 is 1.93 bits per heavy atom. The first-order valence-electron chi connectivity index (χ1n) is 10.6. The van der Waals surface area contributed by atoms with Crippen LogP contribution in [0.2, 0.25) is 0 Å². The molecule has 0 unspecified atom stereocenters. The lowest BCUT2D eigenvalue weighted by Gasteiger charge is -2.31. The van der Waals surface area contributed by atoms with E-state index in [0.717, 1.165) is 49.5 Å².